The Bertz CT molecular complexity index is 21.2. The van der Waals surface area contributed by atoms with Gasteiger partial charge >= 0.3 is 17.0 Å². The summed E-state index contributed by atoms with van der Waals surface area (Å²) in [5, 5.41) is 7.00. The fraction of sp³-hybridized carbons (Fsp3) is 0.800. The van der Waals surface area contributed by atoms with Gasteiger partial charge in [-0.2, -0.15) is 0 Å². The van der Waals surface area contributed by atoms with Crippen molar-refractivity contribution in [3.05, 3.63) is 6.65 Å². The summed E-state index contributed by atoms with van der Waals surface area (Å²) >= 11 is 0. The smallest absolute Gasteiger partial charge is 1.00 e. The number of hydrogen-bond acceptors (Lipinski definition) is 1. The molecule has 0 aromatic carbocycles. The third-order valence-electron chi connectivity index (χ3n) is 0. The monoisotopic (exact) mass is 112 g/mol. The van der Waals surface area contributed by atoms with Crippen molar-refractivity contribution in [2.24, 2.45) is 0 Å². The summed E-state index contributed by atoms with van der Waals surface area (Å²) in [6.07, 6.45) is 0. The van der Waals surface area contributed by atoms with E-state index in [9.17, 15) is 0 Å². The Morgan fingerprint density at radius 3 is 1.14 bits per heavy atom. The van der Waals surface area contributed by atoms with Gasteiger partial charge in [-0.05, 0) is 0 Å². The van der Waals surface area contributed by atoms with Gasteiger partial charge < -0.3 is 5.11 Å². The van der Waals surface area contributed by atoms with Gasteiger partial charge in [-0.1, -0.05) is 22.3 Å². The first-order valence-electron chi connectivity index (χ1n) is 0.651. The van der Waals surface area contributed by atoms with Crippen LogP contribution in [0.5, 0.6) is 0 Å². The van der Waals surface area contributed by atoms with E-state index in [1.54, 1.807) is 0 Å². The van der Waals surface area contributed by atoms with Gasteiger partial charge in [0, 0.05) is 7.11 Å². The van der Waals surface area contributed by atoms with Gasteiger partial charge in [-0.25, -0.2) is 0 Å². The van der Waals surface area contributed by atoms with Crippen LogP contribution in [0.1, 0.15) is 28.0 Å². The van der Waals surface area contributed by atoms with Crippen molar-refractivity contribution < 1.29 is 15.5 Å². The van der Waals surface area contributed by atoms with E-state index in [1.807, 2.05) is 0 Å². The van der Waals surface area contributed by atoms with Gasteiger partial charge in [0.15, 0.2) is 0 Å². The molecule has 48 valence electrons. The van der Waals surface area contributed by atoms with E-state index in [-0.39, 0.29) is 28.0 Å². The second-order valence-electron chi connectivity index (χ2n) is 0. The molecule has 0 bridgehead atoms. The van der Waals surface area contributed by atoms with E-state index in [1.165, 1.54) is 0 Å². The van der Waals surface area contributed by atoms with Crippen molar-refractivity contribution >= 4 is 0 Å². The van der Waals surface area contributed by atoms with Gasteiger partial charge in [-0.3, -0.25) is 0 Å². The summed E-state index contributed by atoms with van der Waals surface area (Å²) in [5.41, 5.74) is 0. The number of aliphatic hydroxyl groups excluding tert-OH is 1. The Morgan fingerprint density at radius 2 is 1.14 bits per heavy atom. The first-order valence-corrected chi connectivity index (χ1v) is 0.651. The number of rotatable bonds is 0. The number of aliphatic hydroxyl groups is 1. The van der Waals surface area contributed by atoms with E-state index >= 15 is 0 Å². The van der Waals surface area contributed by atoms with Gasteiger partial charge in [0.05, 0.1) is 0 Å². The molecule has 0 amide bonds. The number of hydrogen-bond donors (Lipinski definition) is 1. The predicted molar refractivity (Wildman–Crippen MR) is 36.7 cm³/mol. The van der Waals surface area contributed by atoms with Gasteiger partial charge in [0.2, 0.25) is 0 Å². The maximum atomic E-state index is 7.50. The van der Waals surface area contributed by atoms with E-state index in [2.05, 4.69) is 6.65 Å². The van der Waals surface area contributed by atoms with E-state index in [0.29, 0.717) is 0 Å². The van der Waals surface area contributed by atoms with Gasteiger partial charge in [-0.15, -0.1) is 0 Å². The van der Waals surface area contributed by atoms with E-state index < -0.39 is 0 Å². The average molecular weight is 112 g/mol. The fourth-order valence-electron chi connectivity index (χ4n) is 0. The molecule has 0 aliphatic carbocycles. The van der Waals surface area contributed by atoms with Crippen molar-refractivity contribution in [3.8, 4) is 0 Å². The standard InChI is InChI=1S/CH4O.CO.3CH4/c2*1-2;;;/h2H,1H3;;3*1H4/p+4. The Labute approximate surface area is 52.8 Å². The minimum Gasteiger partial charge on any atom is 1.00 e. The summed E-state index contributed by atoms with van der Waals surface area (Å²) < 4.78 is 7.50. The fourth-order valence-corrected chi connectivity index (χ4v) is 0. The first-order chi connectivity index (χ1) is 2.00. The topological polar surface area (TPSA) is 40.1 Å². The first kappa shape index (κ1) is 75.3. The summed E-state index contributed by atoms with van der Waals surface area (Å²) in [7, 11) is 1.00. The molecule has 0 heterocycles. The third-order valence-corrected chi connectivity index (χ3v) is 0. The maximum absolute atomic E-state index is 7.50. The van der Waals surface area contributed by atoms with Crippen LogP contribution in [0, 0.1) is 6.65 Å². The van der Waals surface area contributed by atoms with Crippen LogP contribution in [0.15, 0.2) is 0 Å². The zero-order valence-corrected chi connectivity index (χ0v) is 2.36. The zero-order valence-electron chi connectivity index (χ0n) is 6.36. The van der Waals surface area contributed by atoms with Gasteiger partial charge in [0.25, 0.3) is 0 Å². The molecule has 0 unspecified atom stereocenters. The van der Waals surface area contributed by atoms with Crippen LogP contribution in [0.2, 0.25) is 0 Å². The van der Waals surface area contributed by atoms with Crippen LogP contribution in [0.4, 0.5) is 0 Å². The molecule has 0 atom stereocenters. The minimum absolute atomic E-state index is 0. The van der Waals surface area contributed by atoms with Crippen LogP contribution < -0.4 is 0 Å². The quantitative estimate of drug-likeness (QED) is 0.377. The minimum atomic E-state index is 0. The molecular formula is C5H20O2+4. The van der Waals surface area contributed by atoms with Crippen molar-refractivity contribution in [2.75, 3.05) is 7.11 Å². The zero-order chi connectivity index (χ0) is 4.00. The van der Waals surface area contributed by atoms with Crippen LogP contribution in [0.25, 0.3) is 0 Å². The molecule has 0 radical (unpaired) electrons. The molecule has 0 spiro atoms. The van der Waals surface area contributed by atoms with Crippen LogP contribution in [-0.4, -0.2) is 12.2 Å². The van der Waals surface area contributed by atoms with Crippen molar-refractivity contribution in [1.82, 2.24) is 0 Å². The van der Waals surface area contributed by atoms with Crippen molar-refractivity contribution in [1.29, 1.82) is 0 Å². The Balaban J connectivity index is -0.000000000635. The van der Waals surface area contributed by atoms with Crippen LogP contribution in [-0.2, 0) is 4.65 Å². The largest absolute Gasteiger partial charge is 1.00 e. The summed E-state index contributed by atoms with van der Waals surface area (Å²) in [5.74, 6) is 0. The normalized spacial score (nSPS) is 1.14. The average Bonchev–Trinajstić information content (AvgIpc) is 1.50. The molecule has 0 aliphatic heterocycles. The molecular weight excluding hydrogens is 92.1 g/mol. The molecule has 0 saturated heterocycles. The molecule has 0 aromatic heterocycles. The summed E-state index contributed by atoms with van der Waals surface area (Å²) in [6, 6.07) is 0. The molecule has 0 aliphatic rings. The molecule has 0 saturated carbocycles. The molecule has 0 aromatic rings. The molecule has 0 fully saturated rings. The second-order valence-corrected chi connectivity index (χ2v) is 0. The summed E-state index contributed by atoms with van der Waals surface area (Å²) in [6.45, 7) is 4.50. The molecule has 0 rings (SSSR count). The second kappa shape index (κ2) is 1400. The van der Waals surface area contributed by atoms with E-state index in [0.717, 1.165) is 7.11 Å². The van der Waals surface area contributed by atoms with Crippen LogP contribution >= 0.6 is 0 Å². The maximum Gasteiger partial charge on any atom is 1.00 e. The van der Waals surface area contributed by atoms with Crippen molar-refractivity contribution in [3.63, 3.8) is 0 Å². The molecule has 1 N–H and O–H groups in total. The Hall–Kier alpha value is -0.300. The molecule has 2 nitrogen and oxygen atoms in total. The Morgan fingerprint density at radius 1 is 1.14 bits per heavy atom. The predicted octanol–water partition coefficient (Wildman–Crippen LogP) is 1.93. The summed E-state index contributed by atoms with van der Waals surface area (Å²) in [4.78, 5) is 0. The van der Waals surface area contributed by atoms with Crippen molar-refractivity contribution in [2.45, 2.75) is 22.3 Å². The van der Waals surface area contributed by atoms with Crippen LogP contribution in [0.3, 0.4) is 0 Å². The molecule has 2 heteroatoms. The van der Waals surface area contributed by atoms with Gasteiger partial charge in [0.1, 0.15) is 0 Å². The third kappa shape index (κ3) is 867. The SMILES string of the molecule is C.C.C.CO.[C-]#[O+].[H+].[H+].[H+].[H+]. The Kier molecular flexibility index (Phi) is 15100. The van der Waals surface area contributed by atoms with E-state index in [4.69, 9.17) is 9.76 Å². The molecule has 7 heavy (non-hydrogen) atoms.